The van der Waals surface area contributed by atoms with Crippen LogP contribution in [0.25, 0.3) is 0 Å². The van der Waals surface area contributed by atoms with Gasteiger partial charge in [-0.1, -0.05) is 13.8 Å². The van der Waals surface area contributed by atoms with E-state index in [1.54, 1.807) is 13.8 Å². The fourth-order valence-electron chi connectivity index (χ4n) is 2.72. The number of halogens is 3. The molecule has 0 saturated carbocycles. The first-order valence-electron chi connectivity index (χ1n) is 7.24. The molecule has 0 radical (unpaired) electrons. The molecule has 1 N–H and O–H groups in total. The van der Waals surface area contributed by atoms with Crippen LogP contribution in [0.1, 0.15) is 25.0 Å². The Balaban J connectivity index is 2.31. The maximum absolute atomic E-state index is 13.0. The highest BCUT2D eigenvalue weighted by Gasteiger charge is 2.48. The van der Waals surface area contributed by atoms with E-state index < -0.39 is 47.2 Å². The van der Waals surface area contributed by atoms with E-state index in [1.165, 1.54) is 12.1 Å². The van der Waals surface area contributed by atoms with Crippen molar-refractivity contribution in [2.24, 2.45) is 5.41 Å². The van der Waals surface area contributed by atoms with E-state index in [-0.39, 0.29) is 12.3 Å². The summed E-state index contributed by atoms with van der Waals surface area (Å²) in [5.74, 6) is -2.01. The fraction of sp³-hybridized carbons (Fsp3) is 0.438. The van der Waals surface area contributed by atoms with Gasteiger partial charge in [0.05, 0.1) is 17.2 Å². The maximum atomic E-state index is 13.0. The highest BCUT2D eigenvalue weighted by molar-refractivity contribution is 5.87. The minimum Gasteiger partial charge on any atom is -0.480 e. The molecule has 6 nitrogen and oxygen atoms in total. The number of carboxylic acid groups (broad SMARTS) is 1. The summed E-state index contributed by atoms with van der Waals surface area (Å²) in [6.07, 6.45) is -5.87. The van der Waals surface area contributed by atoms with Crippen LogP contribution in [0, 0.1) is 16.7 Å². The van der Waals surface area contributed by atoms with Crippen molar-refractivity contribution < 1.29 is 32.6 Å². The topological polar surface area (TPSA) is 90.6 Å². The normalized spacial score (nSPS) is 19.6. The molecule has 1 aliphatic rings. The van der Waals surface area contributed by atoms with Crippen LogP contribution in [0.5, 0.6) is 5.75 Å². The Morgan fingerprint density at radius 2 is 2.12 bits per heavy atom. The number of likely N-dealkylation sites (tertiary alicyclic amines) is 1. The van der Waals surface area contributed by atoms with Gasteiger partial charge >= 0.3 is 12.1 Å². The molecule has 0 bridgehead atoms. The minimum atomic E-state index is -4.74. The largest absolute Gasteiger partial charge is 0.480 e. The van der Waals surface area contributed by atoms with Gasteiger partial charge in [-0.2, -0.15) is 18.4 Å². The summed E-state index contributed by atoms with van der Waals surface area (Å²) in [7, 11) is 0. The second kappa shape index (κ2) is 6.27. The lowest BCUT2D eigenvalue weighted by atomic mass is 9.89. The SMILES string of the molecule is CC1(C)CN(CC(=O)O)C(=O)C1Oc1ccc(C#N)c(C(F)(F)F)c1. The lowest BCUT2D eigenvalue weighted by Gasteiger charge is -2.24. The van der Waals surface area contributed by atoms with Crippen LogP contribution in [0.2, 0.25) is 0 Å². The van der Waals surface area contributed by atoms with Crippen LogP contribution >= 0.6 is 0 Å². The molecule has 0 spiro atoms. The van der Waals surface area contributed by atoms with Crippen molar-refractivity contribution in [3.8, 4) is 11.8 Å². The number of rotatable bonds is 4. The summed E-state index contributed by atoms with van der Waals surface area (Å²) >= 11 is 0. The third-order valence-electron chi connectivity index (χ3n) is 3.84. The highest BCUT2D eigenvalue weighted by Crippen LogP contribution is 2.37. The Labute approximate surface area is 141 Å². The minimum absolute atomic E-state index is 0.102. The molecule has 25 heavy (non-hydrogen) atoms. The molecule has 0 aliphatic carbocycles. The number of aliphatic carboxylic acids is 1. The molecule has 1 aromatic rings. The van der Waals surface area contributed by atoms with E-state index >= 15 is 0 Å². The van der Waals surface area contributed by atoms with Crippen LogP contribution in [0.3, 0.4) is 0 Å². The maximum Gasteiger partial charge on any atom is 0.417 e. The first-order chi connectivity index (χ1) is 11.5. The van der Waals surface area contributed by atoms with Gasteiger partial charge in [0.1, 0.15) is 12.3 Å². The number of alkyl halides is 3. The molecule has 1 saturated heterocycles. The molecular formula is C16H15F3N2O4. The number of nitrogens with zero attached hydrogens (tertiary/aromatic N) is 2. The van der Waals surface area contributed by atoms with Crippen LogP contribution in [0.15, 0.2) is 18.2 Å². The number of hydrogen-bond donors (Lipinski definition) is 1. The number of benzene rings is 1. The summed E-state index contributed by atoms with van der Waals surface area (Å²) in [6, 6.07) is 4.28. The smallest absolute Gasteiger partial charge is 0.417 e. The zero-order valence-corrected chi connectivity index (χ0v) is 13.4. The summed E-state index contributed by atoms with van der Waals surface area (Å²) < 4.78 is 44.5. The zero-order chi connectivity index (χ0) is 19.0. The third kappa shape index (κ3) is 3.84. The molecule has 1 heterocycles. The molecule has 134 valence electrons. The molecule has 1 fully saturated rings. The van der Waals surface area contributed by atoms with Gasteiger partial charge < -0.3 is 14.7 Å². The number of ether oxygens (including phenoxy) is 1. The molecule has 0 aromatic heterocycles. The van der Waals surface area contributed by atoms with Crippen molar-refractivity contribution in [3.05, 3.63) is 29.3 Å². The number of hydrogen-bond acceptors (Lipinski definition) is 4. The number of carbonyl (C=O) groups is 2. The highest BCUT2D eigenvalue weighted by atomic mass is 19.4. The van der Waals surface area contributed by atoms with Gasteiger partial charge in [-0.15, -0.1) is 0 Å². The lowest BCUT2D eigenvalue weighted by molar-refractivity contribution is -0.144. The second-order valence-electron chi connectivity index (χ2n) is 6.39. The Kier molecular flexibility index (Phi) is 4.66. The number of nitriles is 1. The molecule has 1 unspecified atom stereocenters. The van der Waals surface area contributed by atoms with E-state index in [4.69, 9.17) is 15.1 Å². The Morgan fingerprint density at radius 1 is 1.48 bits per heavy atom. The van der Waals surface area contributed by atoms with E-state index in [0.717, 1.165) is 11.0 Å². The van der Waals surface area contributed by atoms with Gasteiger partial charge in [-0.05, 0) is 18.2 Å². The second-order valence-corrected chi connectivity index (χ2v) is 6.39. The summed E-state index contributed by atoms with van der Waals surface area (Å²) in [5, 5.41) is 17.6. The first kappa shape index (κ1) is 18.6. The predicted molar refractivity (Wildman–Crippen MR) is 78.6 cm³/mol. The molecule has 1 aliphatic heterocycles. The molecule has 1 amide bonds. The summed E-state index contributed by atoms with van der Waals surface area (Å²) in [4.78, 5) is 24.2. The number of amides is 1. The van der Waals surface area contributed by atoms with Crippen molar-refractivity contribution >= 4 is 11.9 Å². The fourth-order valence-corrected chi connectivity index (χ4v) is 2.72. The molecule has 9 heteroatoms. The standard InChI is InChI=1S/C16H15F3N2O4/c1-15(2)8-21(7-12(22)23)14(24)13(15)25-10-4-3-9(6-20)11(5-10)16(17,18)19/h3-5,13H,7-8H2,1-2H3,(H,22,23). The van der Waals surface area contributed by atoms with Gasteiger partial charge in [0.15, 0.2) is 6.10 Å². The van der Waals surface area contributed by atoms with E-state index in [0.29, 0.717) is 6.07 Å². The van der Waals surface area contributed by atoms with E-state index in [9.17, 15) is 22.8 Å². The van der Waals surface area contributed by atoms with Crippen molar-refractivity contribution in [1.82, 2.24) is 4.90 Å². The van der Waals surface area contributed by atoms with Crippen molar-refractivity contribution in [2.45, 2.75) is 26.1 Å². The van der Waals surface area contributed by atoms with E-state index in [1.807, 2.05) is 0 Å². The predicted octanol–water partition coefficient (Wildman–Crippen LogP) is 2.28. The molecular weight excluding hydrogens is 341 g/mol. The average Bonchev–Trinajstić information content (AvgIpc) is 2.68. The third-order valence-corrected chi connectivity index (χ3v) is 3.84. The zero-order valence-electron chi connectivity index (χ0n) is 13.4. The quantitative estimate of drug-likeness (QED) is 0.894. The van der Waals surface area contributed by atoms with E-state index in [2.05, 4.69) is 0 Å². The van der Waals surface area contributed by atoms with Gasteiger partial charge in [0, 0.05) is 12.0 Å². The van der Waals surface area contributed by atoms with Crippen LogP contribution in [0.4, 0.5) is 13.2 Å². The Morgan fingerprint density at radius 3 is 2.64 bits per heavy atom. The monoisotopic (exact) mass is 356 g/mol. The van der Waals surface area contributed by atoms with Crippen molar-refractivity contribution in [1.29, 1.82) is 5.26 Å². The molecule has 2 rings (SSSR count). The lowest BCUT2D eigenvalue weighted by Crippen LogP contribution is -2.37. The first-order valence-corrected chi connectivity index (χ1v) is 7.24. The van der Waals surface area contributed by atoms with Gasteiger partial charge in [-0.3, -0.25) is 9.59 Å². The van der Waals surface area contributed by atoms with Crippen LogP contribution in [-0.4, -0.2) is 41.1 Å². The number of carbonyl (C=O) groups excluding carboxylic acids is 1. The Hall–Kier alpha value is -2.76. The summed E-state index contributed by atoms with van der Waals surface area (Å²) in [5.41, 5.74) is -2.50. The van der Waals surface area contributed by atoms with Crippen LogP contribution < -0.4 is 4.74 Å². The molecule has 1 atom stereocenters. The summed E-state index contributed by atoms with van der Waals surface area (Å²) in [6.45, 7) is 2.91. The van der Waals surface area contributed by atoms with Gasteiger partial charge in [-0.25, -0.2) is 0 Å². The molecule has 1 aromatic carbocycles. The Bertz CT molecular complexity index is 753. The average molecular weight is 356 g/mol. The van der Waals surface area contributed by atoms with Gasteiger partial charge in [0.25, 0.3) is 5.91 Å². The van der Waals surface area contributed by atoms with Crippen molar-refractivity contribution in [2.75, 3.05) is 13.1 Å². The van der Waals surface area contributed by atoms with Crippen molar-refractivity contribution in [3.63, 3.8) is 0 Å². The van der Waals surface area contributed by atoms with Gasteiger partial charge in [0.2, 0.25) is 0 Å². The number of carboxylic acids is 1. The van der Waals surface area contributed by atoms with Crippen LogP contribution in [-0.2, 0) is 15.8 Å².